The van der Waals surface area contributed by atoms with Crippen LogP contribution in [0.4, 0.5) is 10.1 Å². The smallest absolute Gasteiger partial charge is 0.139 e. The molecule has 0 aromatic heterocycles. The molecule has 0 radical (unpaired) electrons. The van der Waals surface area contributed by atoms with Crippen molar-refractivity contribution in [2.45, 2.75) is 6.42 Å². The third-order valence-corrected chi connectivity index (χ3v) is 2.67. The lowest BCUT2D eigenvalue weighted by molar-refractivity contribution is 0.405. The molecule has 1 aromatic rings. The van der Waals surface area contributed by atoms with Crippen molar-refractivity contribution in [3.63, 3.8) is 0 Å². The molecule has 1 aromatic carbocycles. The molecule has 0 aliphatic heterocycles. The third kappa shape index (κ3) is 4.62. The average molecular weight is 275 g/mol. The zero-order valence-corrected chi connectivity index (χ0v) is 10.6. The highest BCUT2D eigenvalue weighted by molar-refractivity contribution is 9.10. The summed E-state index contributed by atoms with van der Waals surface area (Å²) < 4.78 is 13.6. The van der Waals surface area contributed by atoms with E-state index in [0.29, 0.717) is 4.47 Å². The topological polar surface area (TPSA) is 15.3 Å². The van der Waals surface area contributed by atoms with Crippen molar-refractivity contribution in [2.75, 3.05) is 32.5 Å². The molecule has 0 saturated carbocycles. The molecule has 2 nitrogen and oxygen atoms in total. The zero-order chi connectivity index (χ0) is 11.3. The van der Waals surface area contributed by atoms with Crippen molar-refractivity contribution in [2.24, 2.45) is 0 Å². The van der Waals surface area contributed by atoms with Crippen molar-refractivity contribution >= 4 is 21.6 Å². The molecule has 1 N–H and O–H groups in total. The first-order valence-corrected chi connectivity index (χ1v) is 5.72. The van der Waals surface area contributed by atoms with Gasteiger partial charge >= 0.3 is 0 Å². The van der Waals surface area contributed by atoms with Gasteiger partial charge < -0.3 is 10.2 Å². The van der Waals surface area contributed by atoms with Crippen LogP contribution in [0.3, 0.4) is 0 Å². The SMILES string of the molecule is CN(C)CCCNc1ccc(Br)c(F)c1. The molecule has 84 valence electrons. The minimum absolute atomic E-state index is 0.229. The van der Waals surface area contributed by atoms with Gasteiger partial charge in [-0.15, -0.1) is 0 Å². The quantitative estimate of drug-likeness (QED) is 0.831. The summed E-state index contributed by atoms with van der Waals surface area (Å²) in [5.74, 6) is -0.229. The second kappa shape index (κ2) is 6.08. The molecule has 0 fully saturated rings. The highest BCUT2D eigenvalue weighted by atomic mass is 79.9. The summed E-state index contributed by atoms with van der Waals surface area (Å²) in [5, 5.41) is 3.18. The normalized spacial score (nSPS) is 10.7. The number of halogens is 2. The summed E-state index contributed by atoms with van der Waals surface area (Å²) in [6.07, 6.45) is 1.05. The molecule has 4 heteroatoms. The molecule has 0 aliphatic rings. The van der Waals surface area contributed by atoms with E-state index in [9.17, 15) is 4.39 Å². The van der Waals surface area contributed by atoms with Crippen LogP contribution in [0.5, 0.6) is 0 Å². The molecule has 0 spiro atoms. The van der Waals surface area contributed by atoms with Crippen molar-refractivity contribution in [1.82, 2.24) is 4.90 Å². The Balaban J connectivity index is 2.35. The predicted octanol–water partition coefficient (Wildman–Crippen LogP) is 2.95. The van der Waals surface area contributed by atoms with E-state index in [1.165, 1.54) is 6.07 Å². The number of hydrogen-bond acceptors (Lipinski definition) is 2. The Morgan fingerprint density at radius 2 is 2.13 bits per heavy atom. The van der Waals surface area contributed by atoms with Gasteiger partial charge in [0.25, 0.3) is 0 Å². The summed E-state index contributed by atoms with van der Waals surface area (Å²) in [6, 6.07) is 5.08. The standard InChI is InChI=1S/C11H16BrFN2/c1-15(2)7-3-6-14-9-4-5-10(12)11(13)8-9/h4-5,8,14H,3,6-7H2,1-2H3. The summed E-state index contributed by atoms with van der Waals surface area (Å²) in [4.78, 5) is 2.13. The molecule has 0 saturated heterocycles. The fourth-order valence-corrected chi connectivity index (χ4v) is 1.48. The lowest BCUT2D eigenvalue weighted by atomic mass is 10.3. The highest BCUT2D eigenvalue weighted by Crippen LogP contribution is 2.19. The minimum atomic E-state index is -0.229. The van der Waals surface area contributed by atoms with Gasteiger partial charge in [-0.1, -0.05) is 0 Å². The van der Waals surface area contributed by atoms with Crippen molar-refractivity contribution in [1.29, 1.82) is 0 Å². The largest absolute Gasteiger partial charge is 0.385 e. The fourth-order valence-electron chi connectivity index (χ4n) is 1.23. The van der Waals surface area contributed by atoms with Crippen LogP contribution in [0.1, 0.15) is 6.42 Å². The van der Waals surface area contributed by atoms with Crippen molar-refractivity contribution < 1.29 is 4.39 Å². The van der Waals surface area contributed by atoms with Gasteiger partial charge in [0.1, 0.15) is 5.82 Å². The zero-order valence-electron chi connectivity index (χ0n) is 9.06. The van der Waals surface area contributed by atoms with Crippen LogP contribution in [0.25, 0.3) is 0 Å². The van der Waals surface area contributed by atoms with Gasteiger partial charge in [0.2, 0.25) is 0 Å². The molecule has 0 amide bonds. The highest BCUT2D eigenvalue weighted by Gasteiger charge is 1.99. The third-order valence-electron chi connectivity index (χ3n) is 2.03. The van der Waals surface area contributed by atoms with E-state index < -0.39 is 0 Å². The maximum Gasteiger partial charge on any atom is 0.139 e. The molecule has 15 heavy (non-hydrogen) atoms. The van der Waals surface area contributed by atoms with Crippen molar-refractivity contribution in [3.05, 3.63) is 28.5 Å². The Labute approximate surface area is 98.6 Å². The van der Waals surface area contributed by atoms with Gasteiger partial charge in [0, 0.05) is 12.2 Å². The summed E-state index contributed by atoms with van der Waals surface area (Å²) in [5.41, 5.74) is 0.828. The predicted molar refractivity (Wildman–Crippen MR) is 65.8 cm³/mol. The van der Waals surface area contributed by atoms with E-state index in [2.05, 4.69) is 26.1 Å². The Kier molecular flexibility index (Phi) is 5.05. The molecule has 0 bridgehead atoms. The van der Waals surface area contributed by atoms with Crippen LogP contribution in [0.15, 0.2) is 22.7 Å². The first-order chi connectivity index (χ1) is 7.09. The maximum absolute atomic E-state index is 13.1. The van der Waals surface area contributed by atoms with E-state index in [0.717, 1.165) is 25.2 Å². The van der Waals surface area contributed by atoms with Crippen LogP contribution >= 0.6 is 15.9 Å². The molecule has 0 heterocycles. The van der Waals surface area contributed by atoms with E-state index in [1.54, 1.807) is 6.07 Å². The molecule has 0 atom stereocenters. The minimum Gasteiger partial charge on any atom is -0.385 e. The lowest BCUT2D eigenvalue weighted by Gasteiger charge is -2.10. The number of benzene rings is 1. The van der Waals surface area contributed by atoms with Crippen molar-refractivity contribution in [3.8, 4) is 0 Å². The van der Waals surface area contributed by atoms with Gasteiger partial charge in [-0.2, -0.15) is 0 Å². The molecule has 1 rings (SSSR count). The molecule has 0 unspecified atom stereocenters. The van der Waals surface area contributed by atoms with Crippen LogP contribution in [0.2, 0.25) is 0 Å². The number of rotatable bonds is 5. The fraction of sp³-hybridized carbons (Fsp3) is 0.455. The Morgan fingerprint density at radius 1 is 1.40 bits per heavy atom. The molecular formula is C11H16BrFN2. The van der Waals surface area contributed by atoms with Crippen LogP contribution < -0.4 is 5.32 Å². The van der Waals surface area contributed by atoms with Crippen LogP contribution in [-0.4, -0.2) is 32.1 Å². The number of nitrogens with one attached hydrogen (secondary N) is 1. The number of nitrogens with zero attached hydrogens (tertiary/aromatic N) is 1. The van der Waals surface area contributed by atoms with Gasteiger partial charge in [-0.25, -0.2) is 4.39 Å². The summed E-state index contributed by atoms with van der Waals surface area (Å²) in [6.45, 7) is 1.89. The van der Waals surface area contributed by atoms with Crippen LogP contribution in [-0.2, 0) is 0 Å². The first kappa shape index (κ1) is 12.5. The van der Waals surface area contributed by atoms with E-state index >= 15 is 0 Å². The second-order valence-electron chi connectivity index (χ2n) is 3.71. The average Bonchev–Trinajstić information content (AvgIpc) is 2.18. The Bertz CT molecular complexity index is 315. The maximum atomic E-state index is 13.1. The van der Waals surface area contributed by atoms with E-state index in [4.69, 9.17) is 0 Å². The molecule has 0 aliphatic carbocycles. The van der Waals surface area contributed by atoms with Gasteiger partial charge in [0.05, 0.1) is 4.47 Å². The van der Waals surface area contributed by atoms with E-state index in [1.807, 2.05) is 20.2 Å². The lowest BCUT2D eigenvalue weighted by Crippen LogP contribution is -2.16. The Hall–Kier alpha value is -0.610. The summed E-state index contributed by atoms with van der Waals surface area (Å²) >= 11 is 3.12. The number of anilines is 1. The second-order valence-corrected chi connectivity index (χ2v) is 4.57. The van der Waals surface area contributed by atoms with Gasteiger partial charge in [-0.05, 0) is 61.2 Å². The Morgan fingerprint density at radius 3 is 2.73 bits per heavy atom. The van der Waals surface area contributed by atoms with Crippen LogP contribution in [0, 0.1) is 5.82 Å². The van der Waals surface area contributed by atoms with Gasteiger partial charge in [0.15, 0.2) is 0 Å². The summed E-state index contributed by atoms with van der Waals surface area (Å²) in [7, 11) is 4.08. The first-order valence-electron chi connectivity index (χ1n) is 4.93. The van der Waals surface area contributed by atoms with Gasteiger partial charge in [-0.3, -0.25) is 0 Å². The van der Waals surface area contributed by atoms with E-state index in [-0.39, 0.29) is 5.82 Å². The monoisotopic (exact) mass is 274 g/mol. The molecular weight excluding hydrogens is 259 g/mol. The number of hydrogen-bond donors (Lipinski definition) is 1.